The van der Waals surface area contributed by atoms with Gasteiger partial charge in [-0.15, -0.1) is 0 Å². The SMILES string of the molecule is CN(C)c1ccc2c(c1)c1cccc3c(/C=C/c4ccccc4)nc2n31. The number of nitrogens with zero attached hydrogens (tertiary/aromatic N) is 3. The topological polar surface area (TPSA) is 20.5 Å². The fourth-order valence-corrected chi connectivity index (χ4v) is 3.63. The second-order valence-electron chi connectivity index (χ2n) is 6.82. The summed E-state index contributed by atoms with van der Waals surface area (Å²) in [5, 5.41) is 2.45. The van der Waals surface area contributed by atoms with Crippen molar-refractivity contribution in [1.82, 2.24) is 9.38 Å². The zero-order valence-corrected chi connectivity index (χ0v) is 14.8. The third-order valence-electron chi connectivity index (χ3n) is 4.96. The summed E-state index contributed by atoms with van der Waals surface area (Å²) in [5.74, 6) is 0. The van der Waals surface area contributed by atoms with Gasteiger partial charge >= 0.3 is 0 Å². The third kappa shape index (κ3) is 2.17. The Bertz CT molecular complexity index is 1250. The van der Waals surface area contributed by atoms with Crippen LogP contribution in [0.15, 0.2) is 66.7 Å². The van der Waals surface area contributed by atoms with Gasteiger partial charge in [-0.3, -0.25) is 4.40 Å². The van der Waals surface area contributed by atoms with Crippen molar-refractivity contribution >= 4 is 45.3 Å². The molecule has 0 unspecified atom stereocenters. The van der Waals surface area contributed by atoms with Crippen LogP contribution in [0.4, 0.5) is 5.69 Å². The molecule has 126 valence electrons. The molecule has 0 N–H and O–H groups in total. The van der Waals surface area contributed by atoms with Crippen LogP contribution in [-0.4, -0.2) is 23.5 Å². The van der Waals surface area contributed by atoms with E-state index in [1.807, 2.05) is 6.07 Å². The van der Waals surface area contributed by atoms with Crippen molar-refractivity contribution in [2.24, 2.45) is 0 Å². The molecule has 3 heteroatoms. The van der Waals surface area contributed by atoms with Crippen molar-refractivity contribution in [2.45, 2.75) is 0 Å². The minimum Gasteiger partial charge on any atom is -0.378 e. The van der Waals surface area contributed by atoms with Crippen molar-refractivity contribution in [3.8, 4) is 0 Å². The first-order chi connectivity index (χ1) is 12.7. The van der Waals surface area contributed by atoms with Gasteiger partial charge in [-0.25, -0.2) is 4.98 Å². The highest BCUT2D eigenvalue weighted by Crippen LogP contribution is 2.34. The van der Waals surface area contributed by atoms with Gasteiger partial charge in [-0.1, -0.05) is 42.5 Å². The Kier molecular flexibility index (Phi) is 3.22. The van der Waals surface area contributed by atoms with Gasteiger partial charge in [0.15, 0.2) is 0 Å². The van der Waals surface area contributed by atoms with Crippen LogP contribution in [-0.2, 0) is 0 Å². The van der Waals surface area contributed by atoms with Gasteiger partial charge in [-0.05, 0) is 42.0 Å². The summed E-state index contributed by atoms with van der Waals surface area (Å²) in [6.45, 7) is 0. The lowest BCUT2D eigenvalue weighted by Crippen LogP contribution is -2.07. The van der Waals surface area contributed by atoms with E-state index in [1.54, 1.807) is 0 Å². The van der Waals surface area contributed by atoms with Gasteiger partial charge in [0, 0.05) is 30.6 Å². The van der Waals surface area contributed by atoms with Crippen molar-refractivity contribution in [3.05, 3.63) is 78.0 Å². The first-order valence-electron chi connectivity index (χ1n) is 8.79. The molecule has 2 aromatic carbocycles. The number of rotatable bonds is 3. The van der Waals surface area contributed by atoms with Crippen LogP contribution in [0.3, 0.4) is 0 Å². The molecular formula is C23H19N3. The lowest BCUT2D eigenvalue weighted by molar-refractivity contribution is 1.14. The van der Waals surface area contributed by atoms with E-state index in [2.05, 4.69) is 96.2 Å². The van der Waals surface area contributed by atoms with Crippen molar-refractivity contribution in [2.75, 3.05) is 19.0 Å². The molecule has 26 heavy (non-hydrogen) atoms. The van der Waals surface area contributed by atoms with Crippen molar-refractivity contribution < 1.29 is 0 Å². The van der Waals surface area contributed by atoms with E-state index >= 15 is 0 Å². The quantitative estimate of drug-likeness (QED) is 0.444. The van der Waals surface area contributed by atoms with E-state index in [0.717, 1.165) is 16.9 Å². The molecule has 0 aliphatic carbocycles. The number of aromatic nitrogens is 2. The van der Waals surface area contributed by atoms with Crippen molar-refractivity contribution in [3.63, 3.8) is 0 Å². The Morgan fingerprint density at radius 2 is 1.62 bits per heavy atom. The monoisotopic (exact) mass is 337 g/mol. The highest BCUT2D eigenvalue weighted by Gasteiger charge is 2.16. The number of imidazole rings is 1. The molecule has 3 aromatic heterocycles. The van der Waals surface area contributed by atoms with Gasteiger partial charge < -0.3 is 4.90 Å². The molecule has 5 aromatic rings. The molecule has 0 amide bonds. The second-order valence-corrected chi connectivity index (χ2v) is 6.82. The van der Waals surface area contributed by atoms with E-state index < -0.39 is 0 Å². The van der Waals surface area contributed by atoms with E-state index in [9.17, 15) is 0 Å². The highest BCUT2D eigenvalue weighted by molar-refractivity contribution is 6.10. The van der Waals surface area contributed by atoms with Gasteiger partial charge in [0.2, 0.25) is 0 Å². The number of benzene rings is 2. The van der Waals surface area contributed by atoms with E-state index in [4.69, 9.17) is 4.98 Å². The van der Waals surface area contributed by atoms with Gasteiger partial charge in [0.1, 0.15) is 5.65 Å². The van der Waals surface area contributed by atoms with Crippen molar-refractivity contribution in [1.29, 1.82) is 0 Å². The summed E-state index contributed by atoms with van der Waals surface area (Å²) in [4.78, 5) is 7.09. The fourth-order valence-electron chi connectivity index (χ4n) is 3.63. The maximum absolute atomic E-state index is 4.95. The predicted molar refractivity (Wildman–Crippen MR) is 111 cm³/mol. The molecule has 3 heterocycles. The molecule has 0 spiro atoms. The predicted octanol–water partition coefficient (Wildman–Crippen LogP) is 5.31. The molecule has 0 radical (unpaired) electrons. The molecule has 5 rings (SSSR count). The summed E-state index contributed by atoms with van der Waals surface area (Å²) in [7, 11) is 4.14. The molecule has 0 aliphatic heterocycles. The van der Waals surface area contributed by atoms with Crippen LogP contribution in [0.5, 0.6) is 0 Å². The average Bonchev–Trinajstić information content (AvgIpc) is 3.20. The number of hydrogen-bond donors (Lipinski definition) is 0. The fraction of sp³-hybridized carbons (Fsp3) is 0.0870. The molecule has 0 bridgehead atoms. The summed E-state index contributed by atoms with van der Waals surface area (Å²) in [5.41, 5.74) is 6.78. The maximum Gasteiger partial charge on any atom is 0.146 e. The van der Waals surface area contributed by atoms with Gasteiger partial charge in [0.05, 0.1) is 16.7 Å². The lowest BCUT2D eigenvalue weighted by atomic mass is 10.1. The number of pyridine rings is 1. The summed E-state index contributed by atoms with van der Waals surface area (Å²) in [6.07, 6.45) is 4.23. The van der Waals surface area contributed by atoms with Crippen LogP contribution < -0.4 is 4.90 Å². The Labute approximate surface area is 152 Å². The molecule has 0 saturated carbocycles. The number of hydrogen-bond acceptors (Lipinski definition) is 2. The van der Waals surface area contributed by atoms with Crippen LogP contribution in [0.2, 0.25) is 0 Å². The maximum atomic E-state index is 4.95. The standard InChI is InChI=1S/C23H19N3/c1-25(2)17-12-13-18-19(15-17)21-9-6-10-22-20(24-23(18)26(21)22)14-11-16-7-4-3-5-8-16/h3-15H,1-2H3/b14-11+. The zero-order valence-electron chi connectivity index (χ0n) is 14.8. The highest BCUT2D eigenvalue weighted by atomic mass is 15.1. The lowest BCUT2D eigenvalue weighted by Gasteiger charge is -2.12. The van der Waals surface area contributed by atoms with E-state index in [1.165, 1.54) is 27.5 Å². The van der Waals surface area contributed by atoms with E-state index in [0.29, 0.717) is 0 Å². The van der Waals surface area contributed by atoms with Crippen LogP contribution in [0.25, 0.3) is 39.6 Å². The summed E-state index contributed by atoms with van der Waals surface area (Å²) in [6, 6.07) is 23.4. The van der Waals surface area contributed by atoms with Crippen LogP contribution in [0.1, 0.15) is 11.3 Å². The Morgan fingerprint density at radius 1 is 0.808 bits per heavy atom. The van der Waals surface area contributed by atoms with E-state index in [-0.39, 0.29) is 0 Å². The van der Waals surface area contributed by atoms with Crippen LogP contribution >= 0.6 is 0 Å². The molecule has 3 nitrogen and oxygen atoms in total. The van der Waals surface area contributed by atoms with Gasteiger partial charge in [-0.2, -0.15) is 0 Å². The second kappa shape index (κ2) is 5.60. The third-order valence-corrected chi connectivity index (χ3v) is 4.96. The average molecular weight is 337 g/mol. The summed E-state index contributed by atoms with van der Waals surface area (Å²) < 4.78 is 2.27. The zero-order chi connectivity index (χ0) is 17.7. The first-order valence-corrected chi connectivity index (χ1v) is 8.79. The molecule has 0 fully saturated rings. The molecule has 0 saturated heterocycles. The smallest absolute Gasteiger partial charge is 0.146 e. The van der Waals surface area contributed by atoms with Gasteiger partial charge in [0.25, 0.3) is 0 Å². The Balaban J connectivity index is 1.74. The largest absolute Gasteiger partial charge is 0.378 e. The molecular weight excluding hydrogens is 318 g/mol. The Morgan fingerprint density at radius 3 is 2.42 bits per heavy atom. The Hall–Kier alpha value is -3.33. The number of fused-ring (bicyclic) bond motifs is 3. The van der Waals surface area contributed by atoms with Crippen LogP contribution in [0, 0.1) is 0 Å². The minimum atomic E-state index is 1.01. The number of anilines is 1. The first kappa shape index (κ1) is 15.0. The minimum absolute atomic E-state index is 1.01. The molecule has 0 atom stereocenters. The normalized spacial score (nSPS) is 12.1. The summed E-state index contributed by atoms with van der Waals surface area (Å²) >= 11 is 0. The molecule has 0 aliphatic rings.